The molecule has 2 aromatic heterocycles. The summed E-state index contributed by atoms with van der Waals surface area (Å²) in [7, 11) is 1.91. The van der Waals surface area contributed by atoms with Gasteiger partial charge in [-0.3, -0.25) is 14.6 Å². The van der Waals surface area contributed by atoms with Crippen LogP contribution < -0.4 is 4.90 Å². The van der Waals surface area contributed by atoms with Crippen LogP contribution in [0.3, 0.4) is 0 Å². The van der Waals surface area contributed by atoms with Gasteiger partial charge in [-0.15, -0.1) is 0 Å². The number of aromatic nitrogens is 3. The van der Waals surface area contributed by atoms with Crippen LogP contribution in [0.4, 0.5) is 18.9 Å². The molecule has 0 amide bonds. The monoisotopic (exact) mass is 427 g/mol. The fraction of sp³-hybridized carbons (Fsp3) is 0.286. The molecule has 1 aliphatic carbocycles. The van der Waals surface area contributed by atoms with Gasteiger partial charge in [0.2, 0.25) is 11.6 Å². The van der Waals surface area contributed by atoms with E-state index in [1.807, 2.05) is 11.9 Å². The number of carbonyl (C=O) groups is 2. The van der Waals surface area contributed by atoms with E-state index >= 15 is 0 Å². The Morgan fingerprint density at radius 2 is 1.61 bits per heavy atom. The summed E-state index contributed by atoms with van der Waals surface area (Å²) in [6.07, 6.45) is -3.38. The number of hydrogen-bond acceptors (Lipinski definition) is 7. The van der Waals surface area contributed by atoms with Crippen LogP contribution in [0, 0.1) is 0 Å². The predicted octanol–water partition coefficient (Wildman–Crippen LogP) is 2.57. The number of likely N-dealkylation sites (N-methyl/N-ethyl adjacent to an activating group) is 1. The van der Waals surface area contributed by atoms with E-state index in [1.54, 1.807) is 4.90 Å². The highest BCUT2D eigenvalue weighted by Crippen LogP contribution is 2.41. The number of nitrogens with zero attached hydrogens (tertiary/aromatic N) is 5. The largest absolute Gasteiger partial charge is 0.420 e. The zero-order chi connectivity index (χ0) is 21.9. The van der Waals surface area contributed by atoms with Crippen LogP contribution in [0.1, 0.15) is 37.8 Å². The minimum atomic E-state index is -4.72. The standard InChI is InChI=1S/C21H16F3N5O2/c1-28-7-9-29(10-8-28)13-5-4-12-16(14(13)21(22,23)24)27-18-17(26-12)19(30)11-3-2-6-25-15(11)20(18)31/h2-6H,7-10H2,1H3. The smallest absolute Gasteiger partial charge is 0.368 e. The van der Waals surface area contributed by atoms with E-state index in [-0.39, 0.29) is 28.2 Å². The number of benzene rings is 1. The number of anilines is 1. The number of carbonyl (C=O) groups excluding carboxylic acids is 2. The van der Waals surface area contributed by atoms with Crippen molar-refractivity contribution in [3.63, 3.8) is 0 Å². The Bertz CT molecular complexity index is 1250. The summed E-state index contributed by atoms with van der Waals surface area (Å²) in [6, 6.07) is 5.73. The minimum absolute atomic E-state index is 0.00420. The van der Waals surface area contributed by atoms with E-state index in [9.17, 15) is 22.8 Å². The van der Waals surface area contributed by atoms with Crippen molar-refractivity contribution in [3.05, 3.63) is 58.7 Å². The maximum absolute atomic E-state index is 14.2. The molecule has 0 N–H and O–H groups in total. The van der Waals surface area contributed by atoms with Gasteiger partial charge in [-0.05, 0) is 31.3 Å². The van der Waals surface area contributed by atoms with Crippen LogP contribution in [0.2, 0.25) is 0 Å². The minimum Gasteiger partial charge on any atom is -0.368 e. The van der Waals surface area contributed by atoms with Crippen molar-refractivity contribution in [1.82, 2.24) is 19.9 Å². The second kappa shape index (κ2) is 6.81. The topological polar surface area (TPSA) is 79.3 Å². The first-order chi connectivity index (χ1) is 14.8. The summed E-state index contributed by atoms with van der Waals surface area (Å²) in [4.78, 5) is 41.5. The van der Waals surface area contributed by atoms with Gasteiger partial charge in [-0.1, -0.05) is 0 Å². The Morgan fingerprint density at radius 1 is 0.903 bits per heavy atom. The molecule has 3 heterocycles. The Kier molecular flexibility index (Phi) is 4.30. The second-order valence-corrected chi connectivity index (χ2v) is 7.59. The SMILES string of the molecule is CN1CCN(c2ccc3nc4c(nc3c2C(F)(F)F)C(=O)c2ncccc2C4=O)CC1. The number of alkyl halides is 3. The van der Waals surface area contributed by atoms with Crippen molar-refractivity contribution in [2.45, 2.75) is 6.18 Å². The summed E-state index contributed by atoms with van der Waals surface area (Å²) in [5.41, 5.74) is -2.19. The van der Waals surface area contributed by atoms with Gasteiger partial charge in [0.1, 0.15) is 28.2 Å². The fourth-order valence-corrected chi connectivity index (χ4v) is 4.03. The van der Waals surface area contributed by atoms with E-state index in [0.29, 0.717) is 26.2 Å². The van der Waals surface area contributed by atoms with Gasteiger partial charge in [0.05, 0.1) is 16.8 Å². The molecule has 0 bridgehead atoms. The highest BCUT2D eigenvalue weighted by molar-refractivity contribution is 6.26. The second-order valence-electron chi connectivity index (χ2n) is 7.59. The molecule has 1 aromatic carbocycles. The molecular formula is C21H16F3N5O2. The average molecular weight is 427 g/mol. The van der Waals surface area contributed by atoms with Crippen LogP contribution in [0.25, 0.3) is 11.0 Å². The fourth-order valence-electron chi connectivity index (χ4n) is 4.03. The molecule has 31 heavy (non-hydrogen) atoms. The van der Waals surface area contributed by atoms with Gasteiger partial charge in [-0.25, -0.2) is 9.97 Å². The number of hydrogen-bond donors (Lipinski definition) is 0. The van der Waals surface area contributed by atoms with Gasteiger partial charge in [-0.2, -0.15) is 13.2 Å². The van der Waals surface area contributed by atoms with Crippen molar-refractivity contribution >= 4 is 28.3 Å². The molecule has 3 aromatic rings. The third kappa shape index (κ3) is 3.05. The lowest BCUT2D eigenvalue weighted by molar-refractivity contribution is -0.136. The Balaban J connectivity index is 1.74. The van der Waals surface area contributed by atoms with Crippen LogP contribution in [0.5, 0.6) is 0 Å². The molecule has 1 fully saturated rings. The van der Waals surface area contributed by atoms with E-state index in [2.05, 4.69) is 15.0 Å². The quantitative estimate of drug-likeness (QED) is 0.462. The maximum Gasteiger partial charge on any atom is 0.420 e. The average Bonchev–Trinajstić information content (AvgIpc) is 2.75. The van der Waals surface area contributed by atoms with E-state index in [4.69, 9.17) is 0 Å². The highest BCUT2D eigenvalue weighted by atomic mass is 19.4. The number of piperazine rings is 1. The number of fused-ring (bicyclic) bond motifs is 3. The van der Waals surface area contributed by atoms with Gasteiger partial charge in [0, 0.05) is 32.4 Å². The predicted molar refractivity (Wildman–Crippen MR) is 105 cm³/mol. The number of rotatable bonds is 1. The first-order valence-corrected chi connectivity index (χ1v) is 9.65. The molecular weight excluding hydrogens is 411 g/mol. The van der Waals surface area contributed by atoms with E-state index in [0.717, 1.165) is 0 Å². The van der Waals surface area contributed by atoms with Gasteiger partial charge in [0.25, 0.3) is 0 Å². The third-order valence-electron chi connectivity index (χ3n) is 5.64. The Labute approximate surface area is 174 Å². The molecule has 0 saturated carbocycles. The van der Waals surface area contributed by atoms with Crippen molar-refractivity contribution in [2.75, 3.05) is 38.1 Å². The lowest BCUT2D eigenvalue weighted by atomic mass is 9.93. The van der Waals surface area contributed by atoms with Gasteiger partial charge >= 0.3 is 6.18 Å². The molecule has 5 rings (SSSR count). The molecule has 10 heteroatoms. The molecule has 1 aliphatic heterocycles. The zero-order valence-electron chi connectivity index (χ0n) is 16.4. The highest BCUT2D eigenvalue weighted by Gasteiger charge is 2.40. The Hall–Kier alpha value is -3.40. The third-order valence-corrected chi connectivity index (χ3v) is 5.64. The molecule has 158 valence electrons. The molecule has 0 atom stereocenters. The van der Waals surface area contributed by atoms with Crippen molar-refractivity contribution < 1.29 is 22.8 Å². The van der Waals surface area contributed by atoms with Gasteiger partial charge in [0.15, 0.2) is 0 Å². The lowest BCUT2D eigenvalue weighted by Gasteiger charge is -2.35. The first-order valence-electron chi connectivity index (χ1n) is 9.65. The van der Waals surface area contributed by atoms with Crippen molar-refractivity contribution in [3.8, 4) is 0 Å². The molecule has 0 unspecified atom stereocenters. The number of ketones is 2. The van der Waals surface area contributed by atoms with Crippen LogP contribution >= 0.6 is 0 Å². The number of halogens is 3. The summed E-state index contributed by atoms with van der Waals surface area (Å²) in [5, 5.41) is 0. The van der Waals surface area contributed by atoms with Crippen LogP contribution in [0.15, 0.2) is 30.5 Å². The molecule has 2 aliphatic rings. The first kappa shape index (κ1) is 19.6. The molecule has 0 spiro atoms. The summed E-state index contributed by atoms with van der Waals surface area (Å²) < 4.78 is 42.6. The molecule has 1 saturated heterocycles. The summed E-state index contributed by atoms with van der Waals surface area (Å²) >= 11 is 0. The van der Waals surface area contributed by atoms with Crippen molar-refractivity contribution in [1.29, 1.82) is 0 Å². The number of pyridine rings is 1. The zero-order valence-corrected chi connectivity index (χ0v) is 16.4. The van der Waals surface area contributed by atoms with E-state index in [1.165, 1.54) is 30.5 Å². The Morgan fingerprint density at radius 3 is 2.32 bits per heavy atom. The summed E-state index contributed by atoms with van der Waals surface area (Å²) in [6.45, 7) is 2.11. The van der Waals surface area contributed by atoms with E-state index < -0.39 is 34.5 Å². The normalized spacial score (nSPS) is 17.1. The molecule has 0 radical (unpaired) electrons. The maximum atomic E-state index is 14.2. The van der Waals surface area contributed by atoms with Gasteiger partial charge < -0.3 is 9.80 Å². The van der Waals surface area contributed by atoms with Crippen LogP contribution in [-0.2, 0) is 6.18 Å². The van der Waals surface area contributed by atoms with Crippen LogP contribution in [-0.4, -0.2) is 64.6 Å². The lowest BCUT2D eigenvalue weighted by Crippen LogP contribution is -2.45. The van der Waals surface area contributed by atoms with Crippen molar-refractivity contribution in [2.24, 2.45) is 0 Å². The molecule has 7 nitrogen and oxygen atoms in total. The summed E-state index contributed by atoms with van der Waals surface area (Å²) in [5.74, 6) is -1.29.